The zero-order chi connectivity index (χ0) is 10.2. The largest absolute Gasteiger partial charge is 0.435 e. The van der Waals surface area contributed by atoms with E-state index in [0.717, 1.165) is 0 Å². The number of nitrogens with zero attached hydrogens (tertiary/aromatic N) is 1. The number of halogens is 3. The average molecular weight is 205 g/mol. The Balaban J connectivity index is 2.39. The number of aromatic amines is 1. The molecule has 14 heavy (non-hydrogen) atoms. The lowest BCUT2D eigenvalue weighted by Gasteiger charge is -2.05. The summed E-state index contributed by atoms with van der Waals surface area (Å²) < 4.78 is 37.3. The number of aromatic nitrogens is 2. The van der Waals surface area contributed by atoms with Gasteiger partial charge in [-0.3, -0.25) is 5.10 Å². The van der Waals surface area contributed by atoms with Crippen molar-refractivity contribution in [3.05, 3.63) is 17.0 Å². The number of hydrogen-bond acceptors (Lipinski definition) is 2. The van der Waals surface area contributed by atoms with Gasteiger partial charge < -0.3 is 5.32 Å². The van der Waals surface area contributed by atoms with Crippen molar-refractivity contribution in [1.29, 1.82) is 0 Å². The van der Waals surface area contributed by atoms with Crippen molar-refractivity contribution in [2.45, 2.75) is 19.0 Å². The van der Waals surface area contributed by atoms with Crippen molar-refractivity contribution in [2.24, 2.45) is 0 Å². The maximum Gasteiger partial charge on any atom is 0.435 e. The molecule has 1 aliphatic heterocycles. The topological polar surface area (TPSA) is 40.7 Å². The Morgan fingerprint density at radius 1 is 1.14 bits per heavy atom. The number of rotatable bonds is 0. The number of nitrogens with one attached hydrogen (secondary N) is 2. The molecule has 0 fully saturated rings. The summed E-state index contributed by atoms with van der Waals surface area (Å²) in [7, 11) is 0. The van der Waals surface area contributed by atoms with E-state index in [4.69, 9.17) is 0 Å². The third-order valence-corrected chi connectivity index (χ3v) is 2.32. The van der Waals surface area contributed by atoms with Crippen molar-refractivity contribution < 1.29 is 13.2 Å². The summed E-state index contributed by atoms with van der Waals surface area (Å²) in [4.78, 5) is 0. The maximum absolute atomic E-state index is 12.4. The Bertz CT molecular complexity index is 329. The Morgan fingerprint density at radius 2 is 1.86 bits per heavy atom. The summed E-state index contributed by atoms with van der Waals surface area (Å²) in [6, 6.07) is 0. The lowest BCUT2D eigenvalue weighted by atomic mass is 10.1. The fraction of sp³-hybridized carbons (Fsp3) is 0.625. The zero-order valence-electron chi connectivity index (χ0n) is 7.41. The quantitative estimate of drug-likeness (QED) is 0.666. The highest BCUT2D eigenvalue weighted by Gasteiger charge is 2.37. The number of hydrogen-bond donors (Lipinski definition) is 2. The Kier molecular flexibility index (Phi) is 2.22. The van der Waals surface area contributed by atoms with Crippen molar-refractivity contribution in [3.8, 4) is 0 Å². The normalized spacial score (nSPS) is 17.6. The van der Waals surface area contributed by atoms with Gasteiger partial charge in [-0.1, -0.05) is 0 Å². The molecule has 78 valence electrons. The molecule has 0 aromatic carbocycles. The Morgan fingerprint density at radius 3 is 2.57 bits per heavy atom. The molecule has 0 saturated heterocycles. The van der Waals surface area contributed by atoms with E-state index in [1.807, 2.05) is 0 Å². The minimum atomic E-state index is -4.34. The number of alkyl halides is 3. The second-order valence-electron chi connectivity index (χ2n) is 3.28. The molecule has 1 aromatic heterocycles. The van der Waals surface area contributed by atoms with E-state index >= 15 is 0 Å². The Labute approximate surface area is 78.7 Å². The van der Waals surface area contributed by atoms with Crippen LogP contribution in [0.5, 0.6) is 0 Å². The molecule has 0 atom stereocenters. The molecular formula is C8H10F3N3. The van der Waals surface area contributed by atoms with Gasteiger partial charge in [-0.05, 0) is 13.0 Å². The van der Waals surface area contributed by atoms with Crippen LogP contribution in [0.15, 0.2) is 0 Å². The van der Waals surface area contributed by atoms with Crippen LogP contribution in [-0.4, -0.2) is 23.3 Å². The molecule has 0 radical (unpaired) electrons. The standard InChI is InChI=1S/C8H10F3N3/c9-8(10,11)7-5-1-3-12-4-2-6(5)13-14-7/h12H,1-4H2,(H,13,14). The van der Waals surface area contributed by atoms with E-state index in [-0.39, 0.29) is 0 Å². The first-order valence-electron chi connectivity index (χ1n) is 4.43. The molecule has 1 aliphatic rings. The molecule has 0 amide bonds. The Hall–Kier alpha value is -1.04. The third-order valence-electron chi connectivity index (χ3n) is 2.32. The monoisotopic (exact) mass is 205 g/mol. The van der Waals surface area contributed by atoms with Crippen LogP contribution in [0.2, 0.25) is 0 Å². The first kappa shape index (κ1) is 9.51. The van der Waals surface area contributed by atoms with Crippen LogP contribution in [0.3, 0.4) is 0 Å². The van der Waals surface area contributed by atoms with Gasteiger partial charge in [-0.15, -0.1) is 0 Å². The molecule has 6 heteroatoms. The van der Waals surface area contributed by atoms with Crippen LogP contribution in [0.25, 0.3) is 0 Å². The average Bonchev–Trinajstić information content (AvgIpc) is 2.36. The zero-order valence-corrected chi connectivity index (χ0v) is 7.41. The third kappa shape index (κ3) is 1.61. The molecule has 3 nitrogen and oxygen atoms in total. The molecule has 0 saturated carbocycles. The van der Waals surface area contributed by atoms with Gasteiger partial charge in [-0.25, -0.2) is 0 Å². The van der Waals surface area contributed by atoms with Crippen molar-refractivity contribution in [1.82, 2.24) is 15.5 Å². The summed E-state index contributed by atoms with van der Waals surface area (Å²) in [5.74, 6) is 0. The van der Waals surface area contributed by atoms with Crippen LogP contribution in [0.4, 0.5) is 13.2 Å². The lowest BCUT2D eigenvalue weighted by Crippen LogP contribution is -2.17. The first-order chi connectivity index (χ1) is 6.59. The highest BCUT2D eigenvalue weighted by atomic mass is 19.4. The second kappa shape index (κ2) is 3.27. The van der Waals surface area contributed by atoms with Gasteiger partial charge in [0.05, 0.1) is 0 Å². The molecule has 2 heterocycles. The fourth-order valence-corrected chi connectivity index (χ4v) is 1.66. The number of fused-ring (bicyclic) bond motifs is 1. The SMILES string of the molecule is FC(F)(F)c1n[nH]c2c1CCNCC2. The van der Waals surface area contributed by atoms with Gasteiger partial charge >= 0.3 is 6.18 Å². The minimum Gasteiger partial charge on any atom is -0.316 e. The van der Waals surface area contributed by atoms with E-state index in [2.05, 4.69) is 15.5 Å². The predicted octanol–water partition coefficient (Wildman–Crippen LogP) is 1.12. The molecule has 1 aromatic rings. The maximum atomic E-state index is 12.4. The smallest absolute Gasteiger partial charge is 0.316 e. The summed E-state index contributed by atoms with van der Waals surface area (Å²) in [5, 5.41) is 8.84. The summed E-state index contributed by atoms with van der Waals surface area (Å²) in [5.41, 5.74) is 0.182. The van der Waals surface area contributed by atoms with Crippen LogP contribution in [-0.2, 0) is 19.0 Å². The van der Waals surface area contributed by atoms with Crippen molar-refractivity contribution >= 4 is 0 Å². The van der Waals surface area contributed by atoms with E-state index < -0.39 is 11.9 Å². The van der Waals surface area contributed by atoms with E-state index in [9.17, 15) is 13.2 Å². The van der Waals surface area contributed by atoms with Gasteiger partial charge in [0.1, 0.15) is 0 Å². The minimum absolute atomic E-state index is 0.322. The fourth-order valence-electron chi connectivity index (χ4n) is 1.66. The van der Waals surface area contributed by atoms with E-state index in [0.29, 0.717) is 37.2 Å². The molecular weight excluding hydrogens is 195 g/mol. The van der Waals surface area contributed by atoms with Gasteiger partial charge in [0.2, 0.25) is 0 Å². The molecule has 2 rings (SSSR count). The second-order valence-corrected chi connectivity index (χ2v) is 3.28. The van der Waals surface area contributed by atoms with Crippen LogP contribution >= 0.6 is 0 Å². The van der Waals surface area contributed by atoms with Crippen LogP contribution in [0.1, 0.15) is 17.0 Å². The van der Waals surface area contributed by atoms with Crippen molar-refractivity contribution in [3.63, 3.8) is 0 Å². The molecule has 0 spiro atoms. The molecule has 0 aliphatic carbocycles. The summed E-state index contributed by atoms with van der Waals surface area (Å²) in [6.45, 7) is 1.28. The molecule has 0 unspecified atom stereocenters. The predicted molar refractivity (Wildman–Crippen MR) is 43.9 cm³/mol. The summed E-state index contributed by atoms with van der Waals surface area (Å²) >= 11 is 0. The van der Waals surface area contributed by atoms with Gasteiger partial charge in [0, 0.05) is 24.2 Å². The molecule has 0 bridgehead atoms. The van der Waals surface area contributed by atoms with Gasteiger partial charge in [-0.2, -0.15) is 18.3 Å². The molecule has 2 N–H and O–H groups in total. The summed E-state index contributed by atoms with van der Waals surface area (Å²) in [6.07, 6.45) is -3.37. The van der Waals surface area contributed by atoms with Gasteiger partial charge in [0.15, 0.2) is 5.69 Å². The van der Waals surface area contributed by atoms with E-state index in [1.54, 1.807) is 0 Å². The van der Waals surface area contributed by atoms with Gasteiger partial charge in [0.25, 0.3) is 0 Å². The first-order valence-corrected chi connectivity index (χ1v) is 4.43. The van der Waals surface area contributed by atoms with Crippen molar-refractivity contribution in [2.75, 3.05) is 13.1 Å². The van der Waals surface area contributed by atoms with E-state index in [1.165, 1.54) is 0 Å². The van der Waals surface area contributed by atoms with Crippen LogP contribution in [0, 0.1) is 0 Å². The van der Waals surface area contributed by atoms with Crippen LogP contribution < -0.4 is 5.32 Å². The lowest BCUT2D eigenvalue weighted by molar-refractivity contribution is -0.141. The highest BCUT2D eigenvalue weighted by Crippen LogP contribution is 2.32. The number of H-pyrrole nitrogens is 1. The highest BCUT2D eigenvalue weighted by molar-refractivity contribution is 5.29.